The molecule has 5 nitrogen and oxygen atoms in total. The summed E-state index contributed by atoms with van der Waals surface area (Å²) in [6.07, 6.45) is 1.65. The fraction of sp³-hybridized carbons (Fsp3) is 0.214. The molecule has 1 aliphatic heterocycles. The molecular formula is C14H12ClN3O2S. The molecule has 0 unspecified atom stereocenters. The first-order valence-corrected chi connectivity index (χ1v) is 7.87. The number of thioether (sulfide) groups is 1. The number of benzene rings is 1. The number of amides is 2. The van der Waals surface area contributed by atoms with E-state index in [2.05, 4.69) is 10.3 Å². The Balaban J connectivity index is 1.80. The van der Waals surface area contributed by atoms with Gasteiger partial charge >= 0.3 is 0 Å². The molecule has 1 aromatic carbocycles. The number of halogens is 1. The molecule has 2 heterocycles. The normalized spacial score (nSPS) is 14.7. The Bertz CT molecular complexity index is 722. The first-order valence-electron chi connectivity index (χ1n) is 6.34. The Morgan fingerprint density at radius 1 is 1.43 bits per heavy atom. The molecule has 1 saturated heterocycles. The number of fused-ring (bicyclic) bond motifs is 1. The van der Waals surface area contributed by atoms with Crippen LogP contribution < -0.4 is 5.32 Å². The molecule has 0 radical (unpaired) electrons. The number of hydrogen-bond acceptors (Lipinski definition) is 4. The predicted octanol–water partition coefficient (Wildman–Crippen LogP) is 2.36. The molecule has 3 rings (SSSR count). The fourth-order valence-corrected chi connectivity index (χ4v) is 3.26. The van der Waals surface area contributed by atoms with Crippen LogP contribution in [0.15, 0.2) is 30.5 Å². The lowest BCUT2D eigenvalue weighted by Gasteiger charge is -2.15. The summed E-state index contributed by atoms with van der Waals surface area (Å²) in [7, 11) is 0. The third-order valence-electron chi connectivity index (χ3n) is 3.15. The van der Waals surface area contributed by atoms with Crippen LogP contribution in [0.4, 0.5) is 5.69 Å². The Hall–Kier alpha value is -1.79. The molecule has 0 aliphatic carbocycles. The number of anilines is 1. The molecule has 1 aromatic heterocycles. The van der Waals surface area contributed by atoms with Crippen LogP contribution in [-0.2, 0) is 9.59 Å². The van der Waals surface area contributed by atoms with E-state index < -0.39 is 0 Å². The number of hydrogen-bond donors (Lipinski definition) is 1. The van der Waals surface area contributed by atoms with Crippen LogP contribution in [-0.4, -0.2) is 39.9 Å². The van der Waals surface area contributed by atoms with Gasteiger partial charge in [-0.1, -0.05) is 11.6 Å². The number of carbonyl (C=O) groups is 2. The lowest BCUT2D eigenvalue weighted by Crippen LogP contribution is -2.34. The molecule has 1 aliphatic rings. The number of pyridine rings is 1. The zero-order chi connectivity index (χ0) is 14.8. The maximum Gasteiger partial charge on any atom is 0.244 e. The van der Waals surface area contributed by atoms with Gasteiger partial charge in [0, 0.05) is 11.6 Å². The summed E-state index contributed by atoms with van der Waals surface area (Å²) < 4.78 is 0. The zero-order valence-corrected chi connectivity index (χ0v) is 12.6. The molecule has 2 aromatic rings. The van der Waals surface area contributed by atoms with Gasteiger partial charge in [-0.15, -0.1) is 11.8 Å². The quantitative estimate of drug-likeness (QED) is 0.942. The van der Waals surface area contributed by atoms with Crippen molar-refractivity contribution < 1.29 is 9.59 Å². The smallest absolute Gasteiger partial charge is 0.244 e. The van der Waals surface area contributed by atoms with E-state index in [9.17, 15) is 9.59 Å². The van der Waals surface area contributed by atoms with E-state index in [1.807, 2.05) is 6.07 Å². The van der Waals surface area contributed by atoms with E-state index in [1.54, 1.807) is 24.4 Å². The highest BCUT2D eigenvalue weighted by Gasteiger charge is 2.23. The van der Waals surface area contributed by atoms with Gasteiger partial charge < -0.3 is 10.2 Å². The van der Waals surface area contributed by atoms with E-state index in [4.69, 9.17) is 11.6 Å². The van der Waals surface area contributed by atoms with Gasteiger partial charge in [0.15, 0.2) is 0 Å². The van der Waals surface area contributed by atoms with E-state index >= 15 is 0 Å². The van der Waals surface area contributed by atoms with Gasteiger partial charge in [-0.25, -0.2) is 0 Å². The largest absolute Gasteiger partial charge is 0.323 e. The molecule has 1 fully saturated rings. The van der Waals surface area contributed by atoms with E-state index in [-0.39, 0.29) is 18.4 Å². The molecule has 0 atom stereocenters. The highest BCUT2D eigenvalue weighted by atomic mass is 35.5. The summed E-state index contributed by atoms with van der Waals surface area (Å²) in [6, 6.07) is 7.08. The molecule has 108 valence electrons. The average Bonchev–Trinajstić information content (AvgIpc) is 2.88. The van der Waals surface area contributed by atoms with Crippen molar-refractivity contribution in [1.82, 2.24) is 9.88 Å². The van der Waals surface area contributed by atoms with Crippen LogP contribution in [0, 0.1) is 0 Å². The lowest BCUT2D eigenvalue weighted by molar-refractivity contribution is -0.130. The Morgan fingerprint density at radius 2 is 2.29 bits per heavy atom. The van der Waals surface area contributed by atoms with Crippen molar-refractivity contribution in [2.24, 2.45) is 0 Å². The highest BCUT2D eigenvalue weighted by Crippen LogP contribution is 2.28. The maximum absolute atomic E-state index is 12.1. The van der Waals surface area contributed by atoms with Crippen molar-refractivity contribution in [3.63, 3.8) is 0 Å². The van der Waals surface area contributed by atoms with E-state index in [0.29, 0.717) is 27.9 Å². The van der Waals surface area contributed by atoms with Gasteiger partial charge in [0.2, 0.25) is 11.8 Å². The zero-order valence-electron chi connectivity index (χ0n) is 11.0. The molecule has 0 saturated carbocycles. The van der Waals surface area contributed by atoms with Gasteiger partial charge in [0.05, 0.1) is 27.9 Å². The van der Waals surface area contributed by atoms with Gasteiger partial charge in [-0.2, -0.15) is 0 Å². The summed E-state index contributed by atoms with van der Waals surface area (Å²) in [6.45, 7) is 0.0583. The standard InChI is InChI=1S/C14H12ClN3O2S/c15-10-3-4-11(14-9(10)2-1-5-16-14)17-12(19)6-18-8-21-7-13(18)20/h1-5H,6-8H2,(H,17,19). The summed E-state index contributed by atoms with van der Waals surface area (Å²) in [5.74, 6) is 0.763. The van der Waals surface area contributed by atoms with Crippen molar-refractivity contribution in [3.8, 4) is 0 Å². The minimum atomic E-state index is -0.236. The topological polar surface area (TPSA) is 62.3 Å². The third-order valence-corrected chi connectivity index (χ3v) is 4.43. The van der Waals surface area contributed by atoms with Gasteiger partial charge in [0.25, 0.3) is 0 Å². The van der Waals surface area contributed by atoms with Crippen molar-refractivity contribution in [1.29, 1.82) is 0 Å². The van der Waals surface area contributed by atoms with Crippen LogP contribution in [0.1, 0.15) is 0 Å². The Kier molecular flexibility index (Phi) is 3.98. The lowest BCUT2D eigenvalue weighted by atomic mass is 10.2. The fourth-order valence-electron chi connectivity index (χ4n) is 2.14. The molecule has 0 spiro atoms. The van der Waals surface area contributed by atoms with Crippen molar-refractivity contribution >= 4 is 51.8 Å². The molecule has 2 amide bonds. The molecule has 1 N–H and O–H groups in total. The molecule has 21 heavy (non-hydrogen) atoms. The van der Waals surface area contributed by atoms with Crippen LogP contribution in [0.5, 0.6) is 0 Å². The first kappa shape index (κ1) is 14.2. The Morgan fingerprint density at radius 3 is 3.05 bits per heavy atom. The third kappa shape index (κ3) is 2.96. The number of nitrogens with zero attached hydrogens (tertiary/aromatic N) is 2. The minimum absolute atomic E-state index is 0.00533. The van der Waals surface area contributed by atoms with Crippen molar-refractivity contribution in [3.05, 3.63) is 35.5 Å². The van der Waals surface area contributed by atoms with E-state index in [0.717, 1.165) is 5.39 Å². The maximum atomic E-state index is 12.1. The minimum Gasteiger partial charge on any atom is -0.323 e. The second kappa shape index (κ2) is 5.91. The van der Waals surface area contributed by atoms with E-state index in [1.165, 1.54) is 16.7 Å². The molecular weight excluding hydrogens is 310 g/mol. The average molecular weight is 322 g/mol. The van der Waals surface area contributed by atoms with Crippen molar-refractivity contribution in [2.45, 2.75) is 0 Å². The molecule has 0 bridgehead atoms. The first-order chi connectivity index (χ1) is 10.1. The SMILES string of the molecule is O=C(CN1CSCC1=O)Nc1ccc(Cl)c2cccnc12. The summed E-state index contributed by atoms with van der Waals surface area (Å²) >= 11 is 7.62. The summed E-state index contributed by atoms with van der Waals surface area (Å²) in [5, 5.41) is 4.16. The monoisotopic (exact) mass is 321 g/mol. The van der Waals surface area contributed by atoms with Crippen LogP contribution in [0.25, 0.3) is 10.9 Å². The number of carbonyl (C=O) groups excluding carboxylic acids is 2. The number of rotatable bonds is 3. The number of aromatic nitrogens is 1. The predicted molar refractivity (Wildman–Crippen MR) is 84.4 cm³/mol. The number of nitrogens with one attached hydrogen (secondary N) is 1. The second-order valence-electron chi connectivity index (χ2n) is 4.61. The van der Waals surface area contributed by atoms with Crippen LogP contribution in [0.2, 0.25) is 5.02 Å². The summed E-state index contributed by atoms with van der Waals surface area (Å²) in [4.78, 5) is 29.4. The second-order valence-corrected chi connectivity index (χ2v) is 5.97. The van der Waals surface area contributed by atoms with Crippen LogP contribution >= 0.6 is 23.4 Å². The molecule has 7 heteroatoms. The van der Waals surface area contributed by atoms with Gasteiger partial charge in [-0.3, -0.25) is 14.6 Å². The Labute approximate surface area is 130 Å². The summed E-state index contributed by atoms with van der Waals surface area (Å²) in [5.41, 5.74) is 1.24. The van der Waals surface area contributed by atoms with Crippen LogP contribution in [0.3, 0.4) is 0 Å². The van der Waals surface area contributed by atoms with Gasteiger partial charge in [-0.05, 0) is 24.3 Å². The van der Waals surface area contributed by atoms with Crippen molar-refractivity contribution in [2.75, 3.05) is 23.5 Å². The highest BCUT2D eigenvalue weighted by molar-refractivity contribution is 8.00. The van der Waals surface area contributed by atoms with Gasteiger partial charge in [0.1, 0.15) is 6.54 Å².